The maximum Gasteiger partial charge on any atom is 0.243 e. The van der Waals surface area contributed by atoms with E-state index < -0.39 is 10.0 Å². The van der Waals surface area contributed by atoms with E-state index >= 15 is 0 Å². The molecule has 0 fully saturated rings. The van der Waals surface area contributed by atoms with Gasteiger partial charge in [0, 0.05) is 12.4 Å². The number of nitrogens with one attached hydrogen (secondary N) is 1. The highest BCUT2D eigenvalue weighted by Crippen LogP contribution is 2.13. The summed E-state index contributed by atoms with van der Waals surface area (Å²) < 4.78 is 27.1. The van der Waals surface area contributed by atoms with Crippen molar-refractivity contribution in [1.29, 1.82) is 0 Å². The van der Waals surface area contributed by atoms with Crippen LogP contribution in [0.4, 0.5) is 0 Å². The lowest BCUT2D eigenvalue weighted by Crippen LogP contribution is -2.27. The Morgan fingerprint density at radius 3 is 2.76 bits per heavy atom. The van der Waals surface area contributed by atoms with Crippen molar-refractivity contribution < 1.29 is 8.42 Å². The zero-order valence-corrected chi connectivity index (χ0v) is 12.8. The monoisotopic (exact) mass is 323 g/mol. The Labute approximate surface area is 127 Å². The van der Waals surface area contributed by atoms with Crippen LogP contribution in [0.25, 0.3) is 0 Å². The molecular weight excluding hydrogens is 310 g/mol. The lowest BCUT2D eigenvalue weighted by Gasteiger charge is -2.09. The molecule has 0 saturated heterocycles. The van der Waals surface area contributed by atoms with Crippen molar-refractivity contribution >= 4 is 27.2 Å². The SMILES string of the molecule is Cc1nccc(CNS(=O)(=O)c2cccnc2C(N)=S)n1. The van der Waals surface area contributed by atoms with Gasteiger partial charge in [-0.05, 0) is 25.1 Å². The first kappa shape index (κ1) is 15.4. The van der Waals surface area contributed by atoms with E-state index in [0.29, 0.717) is 11.5 Å². The number of nitrogens with zero attached hydrogens (tertiary/aromatic N) is 3. The molecule has 9 heteroatoms. The number of sulfonamides is 1. The molecule has 0 aromatic carbocycles. The standard InChI is InChI=1S/C12H13N5O2S2/c1-8-14-6-4-9(17-8)7-16-21(18,19)10-3-2-5-15-11(10)12(13)20/h2-6,16H,7H2,1H3,(H2,13,20). The van der Waals surface area contributed by atoms with Crippen molar-refractivity contribution in [1.82, 2.24) is 19.7 Å². The molecule has 0 unspecified atom stereocenters. The molecule has 3 N–H and O–H groups in total. The molecule has 110 valence electrons. The van der Waals surface area contributed by atoms with Crippen LogP contribution in [0.15, 0.2) is 35.5 Å². The van der Waals surface area contributed by atoms with E-state index in [4.69, 9.17) is 18.0 Å². The summed E-state index contributed by atoms with van der Waals surface area (Å²) in [5.74, 6) is 0.567. The molecule has 21 heavy (non-hydrogen) atoms. The lowest BCUT2D eigenvalue weighted by molar-refractivity contribution is 0.579. The van der Waals surface area contributed by atoms with Crippen LogP contribution >= 0.6 is 12.2 Å². The number of hydrogen-bond donors (Lipinski definition) is 2. The van der Waals surface area contributed by atoms with Gasteiger partial charge < -0.3 is 5.73 Å². The van der Waals surface area contributed by atoms with Gasteiger partial charge in [0.05, 0.1) is 12.2 Å². The fourth-order valence-electron chi connectivity index (χ4n) is 1.64. The van der Waals surface area contributed by atoms with Gasteiger partial charge >= 0.3 is 0 Å². The number of pyridine rings is 1. The third-order valence-corrected chi connectivity index (χ3v) is 4.20. The topological polar surface area (TPSA) is 111 Å². The minimum atomic E-state index is -3.79. The molecule has 0 aliphatic carbocycles. The van der Waals surface area contributed by atoms with Crippen LogP contribution < -0.4 is 10.5 Å². The van der Waals surface area contributed by atoms with Gasteiger partial charge in [-0.15, -0.1) is 0 Å². The largest absolute Gasteiger partial charge is 0.388 e. The van der Waals surface area contributed by atoms with Gasteiger partial charge in [0.2, 0.25) is 10.0 Å². The highest BCUT2D eigenvalue weighted by molar-refractivity contribution is 7.89. The van der Waals surface area contributed by atoms with Crippen LogP contribution in [0.2, 0.25) is 0 Å². The van der Waals surface area contributed by atoms with Gasteiger partial charge in [-0.1, -0.05) is 12.2 Å². The van der Waals surface area contributed by atoms with E-state index in [1.54, 1.807) is 19.2 Å². The molecule has 7 nitrogen and oxygen atoms in total. The number of aryl methyl sites for hydroxylation is 1. The van der Waals surface area contributed by atoms with Crippen molar-refractivity contribution in [3.63, 3.8) is 0 Å². The molecule has 0 aliphatic rings. The summed E-state index contributed by atoms with van der Waals surface area (Å²) in [5.41, 5.74) is 6.12. The summed E-state index contributed by atoms with van der Waals surface area (Å²) in [6.45, 7) is 1.77. The number of rotatable bonds is 5. The number of thiocarbonyl (C=S) groups is 1. The molecule has 2 aromatic heterocycles. The lowest BCUT2D eigenvalue weighted by atomic mass is 10.3. The first-order chi connectivity index (χ1) is 9.90. The quantitative estimate of drug-likeness (QED) is 0.761. The van der Waals surface area contributed by atoms with Gasteiger partial charge in [-0.3, -0.25) is 4.98 Å². The predicted octanol–water partition coefficient (Wildman–Crippen LogP) is 0.293. The smallest absolute Gasteiger partial charge is 0.243 e. The maximum atomic E-state index is 12.3. The van der Waals surface area contributed by atoms with Gasteiger partial charge in [0.1, 0.15) is 21.4 Å². The minimum absolute atomic E-state index is 0.0390. The second-order valence-electron chi connectivity index (χ2n) is 4.13. The first-order valence-corrected chi connectivity index (χ1v) is 7.82. The van der Waals surface area contributed by atoms with Crippen LogP contribution in [-0.2, 0) is 16.6 Å². The van der Waals surface area contributed by atoms with Crippen molar-refractivity contribution in [2.45, 2.75) is 18.4 Å². The summed E-state index contributed by atoms with van der Waals surface area (Å²) in [6.07, 6.45) is 3.00. The normalized spacial score (nSPS) is 11.3. The predicted molar refractivity (Wildman–Crippen MR) is 80.9 cm³/mol. The molecule has 2 heterocycles. The Morgan fingerprint density at radius 1 is 1.33 bits per heavy atom. The van der Waals surface area contributed by atoms with Crippen molar-refractivity contribution in [2.75, 3.05) is 0 Å². The van der Waals surface area contributed by atoms with Crippen LogP contribution in [0, 0.1) is 6.92 Å². The third kappa shape index (κ3) is 3.78. The van der Waals surface area contributed by atoms with Crippen LogP contribution in [0.5, 0.6) is 0 Å². The Morgan fingerprint density at radius 2 is 2.10 bits per heavy atom. The van der Waals surface area contributed by atoms with Crippen LogP contribution in [0.3, 0.4) is 0 Å². The molecule has 0 radical (unpaired) electrons. The van der Waals surface area contributed by atoms with Gasteiger partial charge in [-0.25, -0.2) is 23.1 Å². The van der Waals surface area contributed by atoms with Crippen molar-refractivity contribution in [3.8, 4) is 0 Å². The summed E-state index contributed by atoms with van der Waals surface area (Å²) >= 11 is 4.82. The fourth-order valence-corrected chi connectivity index (χ4v) is 3.04. The molecular formula is C12H13N5O2S2. The first-order valence-electron chi connectivity index (χ1n) is 5.93. The molecule has 0 spiro atoms. The molecule has 0 aliphatic heterocycles. The van der Waals surface area contributed by atoms with E-state index in [2.05, 4.69) is 19.7 Å². The molecule has 0 bridgehead atoms. The molecule has 2 aromatic rings. The average Bonchev–Trinajstić information content (AvgIpc) is 2.45. The summed E-state index contributed by atoms with van der Waals surface area (Å²) in [5, 5.41) is 0. The number of hydrogen-bond acceptors (Lipinski definition) is 6. The third-order valence-electron chi connectivity index (χ3n) is 2.57. The Kier molecular flexibility index (Phi) is 4.56. The second-order valence-corrected chi connectivity index (χ2v) is 6.31. The fraction of sp³-hybridized carbons (Fsp3) is 0.167. The Hall–Kier alpha value is -1.97. The second kappa shape index (κ2) is 6.20. The minimum Gasteiger partial charge on any atom is -0.388 e. The van der Waals surface area contributed by atoms with E-state index in [0.717, 1.165) is 0 Å². The molecule has 0 amide bonds. The zero-order chi connectivity index (χ0) is 15.5. The van der Waals surface area contributed by atoms with Crippen molar-refractivity contribution in [3.05, 3.63) is 47.8 Å². The van der Waals surface area contributed by atoms with E-state index in [1.807, 2.05) is 0 Å². The molecule has 0 atom stereocenters. The molecule has 0 saturated carbocycles. The van der Waals surface area contributed by atoms with E-state index in [9.17, 15) is 8.42 Å². The van der Waals surface area contributed by atoms with Crippen LogP contribution in [0.1, 0.15) is 17.2 Å². The summed E-state index contributed by atoms with van der Waals surface area (Å²) in [4.78, 5) is 11.8. The highest BCUT2D eigenvalue weighted by Gasteiger charge is 2.20. The van der Waals surface area contributed by atoms with Gasteiger partial charge in [0.15, 0.2) is 0 Å². The van der Waals surface area contributed by atoms with Gasteiger partial charge in [-0.2, -0.15) is 0 Å². The highest BCUT2D eigenvalue weighted by atomic mass is 32.2. The summed E-state index contributed by atoms with van der Waals surface area (Å²) in [6, 6.07) is 4.54. The maximum absolute atomic E-state index is 12.3. The van der Waals surface area contributed by atoms with Crippen molar-refractivity contribution in [2.24, 2.45) is 5.73 Å². The van der Waals surface area contributed by atoms with E-state index in [-0.39, 0.29) is 22.1 Å². The molecule has 2 rings (SSSR count). The van der Waals surface area contributed by atoms with E-state index in [1.165, 1.54) is 18.3 Å². The Balaban J connectivity index is 2.25. The van der Waals surface area contributed by atoms with Gasteiger partial charge in [0.25, 0.3) is 0 Å². The summed E-state index contributed by atoms with van der Waals surface area (Å²) in [7, 11) is -3.79. The number of aromatic nitrogens is 3. The zero-order valence-electron chi connectivity index (χ0n) is 11.1. The Bertz CT molecular complexity index is 777. The average molecular weight is 323 g/mol. The van der Waals surface area contributed by atoms with Crippen LogP contribution in [-0.4, -0.2) is 28.4 Å². The number of nitrogens with two attached hydrogens (primary N) is 1.